The molecule has 0 bridgehead atoms. The molecular formula is C18H10N2O4S2. The monoisotopic (exact) mass is 382 g/mol. The van der Waals surface area contributed by atoms with Crippen LogP contribution in [0.5, 0.6) is 0 Å². The zero-order valence-corrected chi connectivity index (χ0v) is 14.8. The Bertz CT molecular complexity index is 1100. The topological polar surface area (TPSA) is 76.6 Å². The van der Waals surface area contributed by atoms with Crippen LogP contribution >= 0.6 is 24.0 Å². The van der Waals surface area contributed by atoms with E-state index in [0.717, 1.165) is 22.5 Å². The Labute approximate surface area is 157 Å². The number of hydrogen-bond acceptors (Lipinski definition) is 6. The first-order valence-corrected chi connectivity index (χ1v) is 8.77. The minimum atomic E-state index is -0.626. The number of thioether (sulfide) groups is 1. The maximum atomic E-state index is 12.9. The summed E-state index contributed by atoms with van der Waals surface area (Å²) in [6.45, 7) is 0. The van der Waals surface area contributed by atoms with E-state index in [-0.39, 0.29) is 17.6 Å². The van der Waals surface area contributed by atoms with Gasteiger partial charge in [-0.1, -0.05) is 60.4 Å². The molecule has 0 aliphatic carbocycles. The normalized spacial score (nSPS) is 16.0. The van der Waals surface area contributed by atoms with Crippen molar-refractivity contribution in [3.63, 3.8) is 0 Å². The molecule has 2 heterocycles. The number of amides is 1. The van der Waals surface area contributed by atoms with Gasteiger partial charge in [-0.05, 0) is 17.5 Å². The van der Waals surface area contributed by atoms with E-state index < -0.39 is 4.92 Å². The predicted molar refractivity (Wildman–Crippen MR) is 105 cm³/mol. The van der Waals surface area contributed by atoms with Gasteiger partial charge in [-0.25, -0.2) is 0 Å². The maximum Gasteiger partial charge on any atom is 0.433 e. The first-order valence-electron chi connectivity index (χ1n) is 7.54. The smallest absolute Gasteiger partial charge is 0.401 e. The van der Waals surface area contributed by atoms with Gasteiger partial charge in [0, 0.05) is 11.5 Å². The summed E-state index contributed by atoms with van der Waals surface area (Å²) in [6.07, 6.45) is 1.47. The van der Waals surface area contributed by atoms with Gasteiger partial charge in [0.05, 0.1) is 16.7 Å². The van der Waals surface area contributed by atoms with Crippen LogP contribution in [0.1, 0.15) is 5.76 Å². The number of anilines is 1. The molecule has 0 saturated carbocycles. The van der Waals surface area contributed by atoms with E-state index in [1.807, 2.05) is 42.5 Å². The van der Waals surface area contributed by atoms with Crippen LogP contribution < -0.4 is 4.90 Å². The van der Waals surface area contributed by atoms with Crippen molar-refractivity contribution in [3.8, 4) is 0 Å². The number of nitrogens with zero attached hydrogens (tertiary/aromatic N) is 2. The van der Waals surface area contributed by atoms with Crippen LogP contribution in [0.25, 0.3) is 16.8 Å². The van der Waals surface area contributed by atoms with E-state index >= 15 is 0 Å². The fraction of sp³-hybridized carbons (Fsp3) is 0. The van der Waals surface area contributed by atoms with Gasteiger partial charge in [0.15, 0.2) is 4.32 Å². The summed E-state index contributed by atoms with van der Waals surface area (Å²) in [5.41, 5.74) is 0.708. The van der Waals surface area contributed by atoms with Gasteiger partial charge in [-0.2, -0.15) is 0 Å². The molecule has 0 unspecified atom stereocenters. The minimum absolute atomic E-state index is 0.232. The number of furan rings is 1. The van der Waals surface area contributed by atoms with Gasteiger partial charge in [-0.15, -0.1) is 0 Å². The lowest BCUT2D eigenvalue weighted by atomic mass is 10.1. The molecule has 1 aliphatic heterocycles. The Kier molecular flexibility index (Phi) is 4.06. The molecule has 8 heteroatoms. The first-order chi connectivity index (χ1) is 12.5. The number of fused-ring (bicyclic) bond motifs is 1. The summed E-state index contributed by atoms with van der Waals surface area (Å²) in [4.78, 5) is 24.8. The molecule has 0 spiro atoms. The third-order valence-corrected chi connectivity index (χ3v) is 5.17. The molecule has 1 amide bonds. The Morgan fingerprint density at radius 3 is 2.65 bits per heavy atom. The van der Waals surface area contributed by atoms with E-state index in [4.69, 9.17) is 16.6 Å². The van der Waals surface area contributed by atoms with Gasteiger partial charge in [0.1, 0.15) is 10.7 Å². The molecule has 0 N–H and O–H groups in total. The van der Waals surface area contributed by atoms with Crippen molar-refractivity contribution in [3.05, 3.63) is 75.4 Å². The standard InChI is InChI=1S/C18H10N2O4S2/c21-17-15(10-12-8-9-16(24-12)20(22)23)26-18(25)19(17)14-7-3-5-11-4-1-2-6-13(11)14/h1-10H/b15-10+. The fourth-order valence-electron chi connectivity index (χ4n) is 2.73. The van der Waals surface area contributed by atoms with E-state index in [1.165, 1.54) is 23.1 Å². The number of thiocarbonyl (C=S) groups is 1. The Balaban J connectivity index is 1.73. The summed E-state index contributed by atoms with van der Waals surface area (Å²) in [7, 11) is 0. The Hall–Kier alpha value is -2.97. The predicted octanol–water partition coefficient (Wildman–Crippen LogP) is 4.75. The zero-order valence-electron chi connectivity index (χ0n) is 13.1. The lowest BCUT2D eigenvalue weighted by Gasteiger charge is -2.17. The summed E-state index contributed by atoms with van der Waals surface area (Å²) in [5, 5.41) is 12.6. The Morgan fingerprint density at radius 2 is 1.88 bits per heavy atom. The van der Waals surface area contributed by atoms with E-state index in [2.05, 4.69) is 0 Å². The van der Waals surface area contributed by atoms with Crippen LogP contribution in [0, 0.1) is 10.1 Å². The molecule has 1 fully saturated rings. The quantitative estimate of drug-likeness (QED) is 0.282. The summed E-state index contributed by atoms with van der Waals surface area (Å²) in [5.74, 6) is -0.425. The summed E-state index contributed by atoms with van der Waals surface area (Å²) >= 11 is 6.53. The van der Waals surface area contributed by atoms with E-state index in [0.29, 0.717) is 14.9 Å². The fourth-order valence-corrected chi connectivity index (χ4v) is 3.99. The van der Waals surface area contributed by atoms with E-state index in [1.54, 1.807) is 0 Å². The molecule has 1 saturated heterocycles. The molecule has 4 rings (SSSR count). The van der Waals surface area contributed by atoms with Crippen molar-refractivity contribution in [1.82, 2.24) is 0 Å². The number of hydrogen-bond donors (Lipinski definition) is 0. The van der Waals surface area contributed by atoms with Crippen LogP contribution in [0.15, 0.2) is 63.9 Å². The maximum absolute atomic E-state index is 12.9. The van der Waals surface area contributed by atoms with Gasteiger partial charge >= 0.3 is 5.88 Å². The van der Waals surface area contributed by atoms with Crippen molar-refractivity contribution in [1.29, 1.82) is 0 Å². The molecule has 6 nitrogen and oxygen atoms in total. The second-order valence-corrected chi connectivity index (χ2v) is 7.12. The highest BCUT2D eigenvalue weighted by molar-refractivity contribution is 8.27. The second kappa shape index (κ2) is 6.40. The molecule has 1 aromatic heterocycles. The molecule has 1 aliphatic rings. The van der Waals surface area contributed by atoms with Crippen molar-refractivity contribution >= 4 is 62.6 Å². The average molecular weight is 382 g/mol. The van der Waals surface area contributed by atoms with Crippen molar-refractivity contribution in [2.45, 2.75) is 0 Å². The van der Waals surface area contributed by atoms with Crippen LogP contribution in [-0.2, 0) is 4.79 Å². The highest BCUT2D eigenvalue weighted by Gasteiger charge is 2.34. The highest BCUT2D eigenvalue weighted by atomic mass is 32.2. The molecule has 2 aromatic carbocycles. The van der Waals surface area contributed by atoms with Crippen molar-refractivity contribution < 1.29 is 14.1 Å². The molecular weight excluding hydrogens is 372 g/mol. The minimum Gasteiger partial charge on any atom is -0.401 e. The largest absolute Gasteiger partial charge is 0.433 e. The van der Waals surface area contributed by atoms with Crippen molar-refractivity contribution in [2.24, 2.45) is 0 Å². The summed E-state index contributed by atoms with van der Waals surface area (Å²) < 4.78 is 5.50. The third-order valence-electron chi connectivity index (χ3n) is 3.87. The number of carbonyl (C=O) groups is 1. The van der Waals surface area contributed by atoms with Crippen LogP contribution in [0.4, 0.5) is 11.6 Å². The zero-order chi connectivity index (χ0) is 18.3. The second-order valence-electron chi connectivity index (χ2n) is 5.45. The first kappa shape index (κ1) is 16.5. The van der Waals surface area contributed by atoms with Crippen molar-refractivity contribution in [2.75, 3.05) is 4.90 Å². The van der Waals surface area contributed by atoms with Gasteiger partial charge in [-0.3, -0.25) is 19.8 Å². The highest BCUT2D eigenvalue weighted by Crippen LogP contribution is 2.39. The number of benzene rings is 2. The Morgan fingerprint density at radius 1 is 1.12 bits per heavy atom. The van der Waals surface area contributed by atoms with Crippen LogP contribution in [0.2, 0.25) is 0 Å². The SMILES string of the molecule is O=C1/C(=C\c2ccc([N+](=O)[O-])o2)SC(=S)N1c1cccc2ccccc12. The lowest BCUT2D eigenvalue weighted by Crippen LogP contribution is -2.27. The molecule has 3 aromatic rings. The van der Waals surface area contributed by atoms with Crippen LogP contribution in [-0.4, -0.2) is 15.2 Å². The average Bonchev–Trinajstić information content (AvgIpc) is 3.20. The number of nitro groups is 1. The lowest BCUT2D eigenvalue weighted by molar-refractivity contribution is -0.402. The van der Waals surface area contributed by atoms with Gasteiger partial charge < -0.3 is 4.42 Å². The van der Waals surface area contributed by atoms with Crippen LogP contribution in [0.3, 0.4) is 0 Å². The van der Waals surface area contributed by atoms with E-state index in [9.17, 15) is 14.9 Å². The van der Waals surface area contributed by atoms with Gasteiger partial charge in [0.2, 0.25) is 0 Å². The molecule has 0 radical (unpaired) electrons. The van der Waals surface area contributed by atoms with Gasteiger partial charge in [0.25, 0.3) is 5.91 Å². The third kappa shape index (κ3) is 2.79. The number of rotatable bonds is 3. The molecule has 0 atom stereocenters. The number of carbonyl (C=O) groups excluding carboxylic acids is 1. The molecule has 26 heavy (non-hydrogen) atoms. The molecule has 128 valence electrons. The summed E-state index contributed by atoms with van der Waals surface area (Å²) in [6, 6.07) is 16.1.